The molecule has 0 heterocycles. The molecular weight excluding hydrogens is 122 g/mol. The lowest BCUT2D eigenvalue weighted by Crippen LogP contribution is -2.11. The van der Waals surface area contributed by atoms with Gasteiger partial charge in [-0.1, -0.05) is 11.2 Å². The summed E-state index contributed by atoms with van der Waals surface area (Å²) in [6.07, 6.45) is 1.43. The summed E-state index contributed by atoms with van der Waals surface area (Å²) in [7, 11) is 0. The number of hydrogen-bond acceptors (Lipinski definition) is 3. The monoisotopic (exact) mass is 129 g/mol. The zero-order valence-corrected chi connectivity index (χ0v) is 4.74. The van der Waals surface area contributed by atoms with E-state index in [2.05, 4.69) is 11.7 Å². The number of carbonyl (C=O) groups is 1. The van der Waals surface area contributed by atoms with Crippen molar-refractivity contribution in [1.82, 2.24) is 0 Å². The molecule has 0 aromatic heterocycles. The first-order chi connectivity index (χ1) is 4.22. The van der Waals surface area contributed by atoms with E-state index in [1.54, 1.807) is 0 Å². The van der Waals surface area contributed by atoms with E-state index in [0.717, 1.165) is 0 Å². The Balaban J connectivity index is 4.00. The summed E-state index contributed by atoms with van der Waals surface area (Å²) in [5.74, 6) is -1.22. The minimum absolute atomic E-state index is 0.0752. The van der Waals surface area contributed by atoms with Gasteiger partial charge in [0, 0.05) is 6.42 Å². The van der Waals surface area contributed by atoms with E-state index in [9.17, 15) is 4.79 Å². The molecule has 0 aromatic carbocycles. The van der Waals surface area contributed by atoms with E-state index in [4.69, 9.17) is 10.3 Å². The second-order valence-electron chi connectivity index (χ2n) is 1.34. The standard InChI is InChI=1S/C5H7NO3/c1-2-3-4(6-9)5(7)8/h2,9H,1,3H2,(H,7,8)/b6-4-. The predicted octanol–water partition coefficient (Wildman–Crippen LogP) is 0.477. The van der Waals surface area contributed by atoms with E-state index in [1.165, 1.54) is 6.08 Å². The predicted molar refractivity (Wildman–Crippen MR) is 31.7 cm³/mol. The number of oxime groups is 1. The highest BCUT2D eigenvalue weighted by molar-refractivity contribution is 6.35. The molecule has 4 heteroatoms. The molecule has 0 aliphatic rings. The number of nitrogens with zero attached hydrogens (tertiary/aromatic N) is 1. The third-order valence-electron chi connectivity index (χ3n) is 0.705. The Kier molecular flexibility index (Phi) is 3.12. The molecule has 0 spiro atoms. The van der Waals surface area contributed by atoms with Gasteiger partial charge in [0.05, 0.1) is 0 Å². The fourth-order valence-corrected chi connectivity index (χ4v) is 0.308. The second-order valence-corrected chi connectivity index (χ2v) is 1.34. The first kappa shape index (κ1) is 7.68. The molecule has 0 unspecified atom stereocenters. The Morgan fingerprint density at radius 1 is 1.78 bits per heavy atom. The van der Waals surface area contributed by atoms with Gasteiger partial charge in [0.15, 0.2) is 5.71 Å². The average molecular weight is 129 g/mol. The van der Waals surface area contributed by atoms with Crippen molar-refractivity contribution in [3.63, 3.8) is 0 Å². The van der Waals surface area contributed by atoms with Gasteiger partial charge in [-0.15, -0.1) is 6.58 Å². The number of aliphatic carboxylic acids is 1. The smallest absolute Gasteiger partial charge is 0.353 e. The average Bonchev–Trinajstić information content (AvgIpc) is 1.82. The number of carboxylic acids is 1. The Labute approximate surface area is 52.1 Å². The molecule has 2 N–H and O–H groups in total. The van der Waals surface area contributed by atoms with Gasteiger partial charge in [-0.2, -0.15) is 0 Å². The molecule has 4 nitrogen and oxygen atoms in total. The first-order valence-electron chi connectivity index (χ1n) is 2.27. The molecule has 0 amide bonds. The van der Waals surface area contributed by atoms with Crippen molar-refractivity contribution in [2.45, 2.75) is 6.42 Å². The van der Waals surface area contributed by atoms with Crippen LogP contribution < -0.4 is 0 Å². The van der Waals surface area contributed by atoms with Crippen LogP contribution in [0.15, 0.2) is 17.8 Å². The maximum Gasteiger partial charge on any atom is 0.353 e. The summed E-state index contributed by atoms with van der Waals surface area (Å²) in [4.78, 5) is 9.98. The summed E-state index contributed by atoms with van der Waals surface area (Å²) >= 11 is 0. The molecular formula is C5H7NO3. The fraction of sp³-hybridized carbons (Fsp3) is 0.200. The number of hydrogen-bond donors (Lipinski definition) is 2. The highest BCUT2D eigenvalue weighted by Crippen LogP contribution is 1.86. The van der Waals surface area contributed by atoms with Crippen molar-refractivity contribution >= 4 is 11.7 Å². The number of allylic oxidation sites excluding steroid dienone is 1. The number of carboxylic acid groups (broad SMARTS) is 1. The van der Waals surface area contributed by atoms with Crippen molar-refractivity contribution < 1.29 is 15.1 Å². The van der Waals surface area contributed by atoms with Crippen LogP contribution in [0.5, 0.6) is 0 Å². The lowest BCUT2D eigenvalue weighted by atomic mass is 10.3. The molecule has 0 rings (SSSR count). The lowest BCUT2D eigenvalue weighted by molar-refractivity contribution is -0.129. The van der Waals surface area contributed by atoms with Crippen LogP contribution in [0.25, 0.3) is 0 Å². The van der Waals surface area contributed by atoms with Crippen molar-refractivity contribution in [2.75, 3.05) is 0 Å². The second kappa shape index (κ2) is 3.65. The summed E-state index contributed by atoms with van der Waals surface area (Å²) in [6, 6.07) is 0. The Bertz CT molecular complexity index is 150. The molecule has 0 aliphatic carbocycles. The van der Waals surface area contributed by atoms with Crippen LogP contribution in [0.2, 0.25) is 0 Å². The van der Waals surface area contributed by atoms with Gasteiger partial charge in [0.25, 0.3) is 0 Å². The molecule has 0 aliphatic heterocycles. The summed E-state index contributed by atoms with van der Waals surface area (Å²) < 4.78 is 0. The first-order valence-corrected chi connectivity index (χ1v) is 2.27. The van der Waals surface area contributed by atoms with E-state index in [-0.39, 0.29) is 12.1 Å². The van der Waals surface area contributed by atoms with E-state index in [0.29, 0.717) is 0 Å². The zero-order valence-electron chi connectivity index (χ0n) is 4.74. The largest absolute Gasteiger partial charge is 0.477 e. The van der Waals surface area contributed by atoms with E-state index in [1.807, 2.05) is 0 Å². The third kappa shape index (κ3) is 2.48. The topological polar surface area (TPSA) is 69.9 Å². The minimum Gasteiger partial charge on any atom is -0.477 e. The maximum atomic E-state index is 9.98. The van der Waals surface area contributed by atoms with Crippen LogP contribution in [0.1, 0.15) is 6.42 Å². The van der Waals surface area contributed by atoms with Crippen molar-refractivity contribution in [2.24, 2.45) is 5.16 Å². The minimum atomic E-state index is -1.22. The normalized spacial score (nSPS) is 10.9. The Hall–Kier alpha value is -1.32. The summed E-state index contributed by atoms with van der Waals surface area (Å²) in [5.41, 5.74) is -0.301. The molecule has 0 saturated heterocycles. The molecule has 0 saturated carbocycles. The molecule has 0 atom stereocenters. The third-order valence-corrected chi connectivity index (χ3v) is 0.705. The summed E-state index contributed by atoms with van der Waals surface area (Å²) in [6.45, 7) is 3.28. The molecule has 0 fully saturated rings. The van der Waals surface area contributed by atoms with Gasteiger partial charge < -0.3 is 10.3 Å². The SMILES string of the molecule is C=CC/C(=N/O)C(=O)O. The van der Waals surface area contributed by atoms with Gasteiger partial charge in [-0.3, -0.25) is 0 Å². The van der Waals surface area contributed by atoms with Gasteiger partial charge in [0.1, 0.15) is 0 Å². The highest BCUT2D eigenvalue weighted by Gasteiger charge is 2.05. The molecule has 9 heavy (non-hydrogen) atoms. The quantitative estimate of drug-likeness (QED) is 0.252. The fourth-order valence-electron chi connectivity index (χ4n) is 0.308. The highest BCUT2D eigenvalue weighted by atomic mass is 16.4. The Morgan fingerprint density at radius 2 is 2.33 bits per heavy atom. The van der Waals surface area contributed by atoms with Crippen LogP contribution in [-0.4, -0.2) is 22.0 Å². The Morgan fingerprint density at radius 3 is 2.44 bits per heavy atom. The van der Waals surface area contributed by atoms with E-state index < -0.39 is 5.97 Å². The van der Waals surface area contributed by atoms with Crippen LogP contribution in [-0.2, 0) is 4.79 Å². The molecule has 0 aromatic rings. The van der Waals surface area contributed by atoms with Crippen molar-refractivity contribution in [1.29, 1.82) is 0 Å². The van der Waals surface area contributed by atoms with E-state index >= 15 is 0 Å². The molecule has 0 radical (unpaired) electrons. The zero-order chi connectivity index (χ0) is 7.28. The van der Waals surface area contributed by atoms with Gasteiger partial charge >= 0.3 is 5.97 Å². The lowest BCUT2D eigenvalue weighted by Gasteiger charge is -1.89. The van der Waals surface area contributed by atoms with Gasteiger partial charge in [-0.25, -0.2) is 4.79 Å². The summed E-state index contributed by atoms with van der Waals surface area (Å²) in [5, 5.41) is 18.7. The number of rotatable bonds is 3. The van der Waals surface area contributed by atoms with Crippen LogP contribution >= 0.6 is 0 Å². The maximum absolute atomic E-state index is 9.98. The van der Waals surface area contributed by atoms with Crippen LogP contribution in [0, 0.1) is 0 Å². The molecule has 0 bridgehead atoms. The van der Waals surface area contributed by atoms with Crippen molar-refractivity contribution in [3.8, 4) is 0 Å². The van der Waals surface area contributed by atoms with Crippen LogP contribution in [0.3, 0.4) is 0 Å². The molecule has 50 valence electrons. The van der Waals surface area contributed by atoms with Crippen LogP contribution in [0.4, 0.5) is 0 Å². The van der Waals surface area contributed by atoms with Gasteiger partial charge in [0.2, 0.25) is 0 Å². The van der Waals surface area contributed by atoms with Crippen molar-refractivity contribution in [3.05, 3.63) is 12.7 Å². The van der Waals surface area contributed by atoms with Gasteiger partial charge in [-0.05, 0) is 0 Å².